The molecule has 0 unspecified atom stereocenters. The lowest BCUT2D eigenvalue weighted by Gasteiger charge is -2.07. The Kier molecular flexibility index (Phi) is 4.90. The third-order valence-electron chi connectivity index (χ3n) is 3.27. The Morgan fingerprint density at radius 2 is 1.92 bits per heavy atom. The van der Waals surface area contributed by atoms with E-state index in [1.165, 1.54) is 25.1 Å². The van der Waals surface area contributed by atoms with Crippen molar-refractivity contribution >= 4 is 51.9 Å². The van der Waals surface area contributed by atoms with E-state index in [0.717, 1.165) is 0 Å². The Bertz CT molecular complexity index is 1020. The number of hydrogen-bond donors (Lipinski definition) is 3. The molecule has 2 amide bonds. The first-order valence-corrected chi connectivity index (χ1v) is 7.88. The fraction of sp³-hybridized carbons (Fsp3) is 0.0588. The number of oxazole rings is 1. The minimum absolute atomic E-state index is 0.0545. The van der Waals surface area contributed by atoms with E-state index in [0.29, 0.717) is 16.8 Å². The van der Waals surface area contributed by atoms with Gasteiger partial charge >= 0.3 is 6.01 Å². The number of benzene rings is 2. The zero-order valence-electron chi connectivity index (χ0n) is 13.5. The van der Waals surface area contributed by atoms with Gasteiger partial charge in [-0.3, -0.25) is 20.2 Å². The van der Waals surface area contributed by atoms with Crippen LogP contribution in [0.4, 0.5) is 16.1 Å². The van der Waals surface area contributed by atoms with Crippen molar-refractivity contribution < 1.29 is 18.4 Å². The fourth-order valence-electron chi connectivity index (χ4n) is 2.20. The molecule has 9 heteroatoms. The highest BCUT2D eigenvalue weighted by Crippen LogP contribution is 2.22. The van der Waals surface area contributed by atoms with Crippen molar-refractivity contribution in [2.24, 2.45) is 0 Å². The van der Waals surface area contributed by atoms with Crippen LogP contribution in [0.1, 0.15) is 17.3 Å². The van der Waals surface area contributed by atoms with E-state index in [1.807, 2.05) is 0 Å². The first-order valence-electron chi connectivity index (χ1n) is 7.47. The molecule has 3 aromatic rings. The second-order valence-corrected chi connectivity index (χ2v) is 5.68. The van der Waals surface area contributed by atoms with Gasteiger partial charge in [-0.15, -0.1) is 0 Å². The summed E-state index contributed by atoms with van der Waals surface area (Å²) in [5, 5.41) is 7.52. The van der Waals surface area contributed by atoms with Gasteiger partial charge in [0.2, 0.25) is 5.91 Å². The maximum atomic E-state index is 13.6. The number of aromatic nitrogens is 1. The van der Waals surface area contributed by atoms with E-state index in [4.69, 9.17) is 16.6 Å². The van der Waals surface area contributed by atoms with Crippen LogP contribution in [0.15, 0.2) is 46.9 Å². The highest BCUT2D eigenvalue weighted by molar-refractivity contribution is 7.80. The maximum absolute atomic E-state index is 13.6. The fourth-order valence-corrected chi connectivity index (χ4v) is 2.38. The molecule has 7 nitrogen and oxygen atoms in total. The first kappa shape index (κ1) is 17.5. The predicted molar refractivity (Wildman–Crippen MR) is 98.4 cm³/mol. The largest absolute Gasteiger partial charge is 0.423 e. The molecule has 0 aliphatic rings. The van der Waals surface area contributed by atoms with E-state index >= 15 is 0 Å². The Balaban J connectivity index is 1.70. The molecule has 0 saturated carbocycles. The summed E-state index contributed by atoms with van der Waals surface area (Å²) in [6.07, 6.45) is 0. The molecule has 0 aliphatic carbocycles. The monoisotopic (exact) mass is 372 g/mol. The van der Waals surface area contributed by atoms with Gasteiger partial charge in [0.25, 0.3) is 5.91 Å². The van der Waals surface area contributed by atoms with Gasteiger partial charge in [-0.2, -0.15) is 4.98 Å². The van der Waals surface area contributed by atoms with Crippen molar-refractivity contribution in [3.8, 4) is 0 Å². The Morgan fingerprint density at radius 3 is 2.65 bits per heavy atom. The zero-order chi connectivity index (χ0) is 18.7. The van der Waals surface area contributed by atoms with Gasteiger partial charge in [-0.1, -0.05) is 12.1 Å². The van der Waals surface area contributed by atoms with E-state index in [1.54, 1.807) is 24.3 Å². The van der Waals surface area contributed by atoms with E-state index in [9.17, 15) is 14.0 Å². The SMILES string of the molecule is CC(=O)Nc1ccc2nc(NC(=S)NC(=O)c3ccccc3F)oc2c1. The minimum Gasteiger partial charge on any atom is -0.423 e. The number of halogens is 1. The quantitative estimate of drug-likeness (QED) is 0.612. The molecule has 3 rings (SSSR count). The van der Waals surface area contributed by atoms with E-state index in [-0.39, 0.29) is 22.6 Å². The van der Waals surface area contributed by atoms with Crippen LogP contribution >= 0.6 is 12.2 Å². The van der Waals surface area contributed by atoms with Gasteiger partial charge in [0.1, 0.15) is 11.3 Å². The summed E-state index contributed by atoms with van der Waals surface area (Å²) in [6, 6.07) is 10.5. The Hall–Kier alpha value is -3.33. The van der Waals surface area contributed by atoms with Crippen molar-refractivity contribution in [3.05, 3.63) is 53.8 Å². The summed E-state index contributed by atoms with van der Waals surface area (Å²) >= 11 is 5.02. The summed E-state index contributed by atoms with van der Waals surface area (Å²) in [5.74, 6) is -1.55. The van der Waals surface area contributed by atoms with Gasteiger partial charge in [-0.05, 0) is 36.5 Å². The van der Waals surface area contributed by atoms with Crippen molar-refractivity contribution in [2.45, 2.75) is 6.92 Å². The van der Waals surface area contributed by atoms with Crippen molar-refractivity contribution in [1.29, 1.82) is 0 Å². The number of anilines is 2. The third-order valence-corrected chi connectivity index (χ3v) is 3.48. The van der Waals surface area contributed by atoms with Gasteiger partial charge in [-0.25, -0.2) is 4.39 Å². The van der Waals surface area contributed by atoms with Crippen molar-refractivity contribution in [3.63, 3.8) is 0 Å². The summed E-state index contributed by atoms with van der Waals surface area (Å²) in [4.78, 5) is 27.3. The molecule has 0 bridgehead atoms. The lowest BCUT2D eigenvalue weighted by atomic mass is 10.2. The van der Waals surface area contributed by atoms with Gasteiger partial charge in [0.15, 0.2) is 10.7 Å². The molecular formula is C17H13FN4O3S. The Morgan fingerprint density at radius 1 is 1.15 bits per heavy atom. The topological polar surface area (TPSA) is 96.3 Å². The molecular weight excluding hydrogens is 359 g/mol. The van der Waals surface area contributed by atoms with Gasteiger partial charge in [0.05, 0.1) is 5.56 Å². The first-order chi connectivity index (χ1) is 12.4. The van der Waals surface area contributed by atoms with Crippen LogP contribution in [-0.2, 0) is 4.79 Å². The average molecular weight is 372 g/mol. The molecule has 0 fully saturated rings. The van der Waals surface area contributed by atoms with Crippen molar-refractivity contribution in [2.75, 3.05) is 10.6 Å². The van der Waals surface area contributed by atoms with Crippen LogP contribution in [0.3, 0.4) is 0 Å². The molecule has 1 aromatic heterocycles. The number of carbonyl (C=O) groups excluding carboxylic acids is 2. The number of fused-ring (bicyclic) bond motifs is 1. The Labute approximate surface area is 152 Å². The molecule has 0 spiro atoms. The maximum Gasteiger partial charge on any atom is 0.302 e. The predicted octanol–water partition coefficient (Wildman–Crippen LogP) is 3.05. The number of rotatable bonds is 3. The number of amides is 2. The molecule has 0 radical (unpaired) electrons. The highest BCUT2D eigenvalue weighted by atomic mass is 32.1. The summed E-state index contributed by atoms with van der Waals surface area (Å²) in [6.45, 7) is 1.40. The smallest absolute Gasteiger partial charge is 0.302 e. The van der Waals surface area contributed by atoms with E-state index in [2.05, 4.69) is 20.9 Å². The second kappa shape index (κ2) is 7.28. The molecule has 0 atom stereocenters. The molecule has 26 heavy (non-hydrogen) atoms. The molecule has 3 N–H and O–H groups in total. The average Bonchev–Trinajstić information content (AvgIpc) is 2.95. The summed E-state index contributed by atoms with van der Waals surface area (Å²) in [5.41, 5.74) is 1.38. The standard InChI is InChI=1S/C17H13FN4O3S/c1-9(23)19-10-6-7-13-14(8-10)25-16(20-13)22-17(26)21-15(24)11-4-2-3-5-12(11)18/h2-8H,1H3,(H,19,23)(H2,20,21,22,24,26). The lowest BCUT2D eigenvalue weighted by Crippen LogP contribution is -2.34. The normalized spacial score (nSPS) is 10.4. The van der Waals surface area contributed by atoms with Gasteiger partial charge < -0.3 is 9.73 Å². The second-order valence-electron chi connectivity index (χ2n) is 5.27. The molecule has 132 valence electrons. The number of nitrogens with zero attached hydrogens (tertiary/aromatic N) is 1. The van der Waals surface area contributed by atoms with Gasteiger partial charge in [0, 0.05) is 18.7 Å². The number of hydrogen-bond acceptors (Lipinski definition) is 5. The number of nitrogens with one attached hydrogen (secondary N) is 3. The van der Waals surface area contributed by atoms with Crippen LogP contribution in [0, 0.1) is 5.82 Å². The summed E-state index contributed by atoms with van der Waals surface area (Å²) in [7, 11) is 0. The van der Waals surface area contributed by atoms with Crippen LogP contribution in [-0.4, -0.2) is 21.9 Å². The van der Waals surface area contributed by atoms with Crippen LogP contribution < -0.4 is 16.0 Å². The zero-order valence-corrected chi connectivity index (χ0v) is 14.3. The van der Waals surface area contributed by atoms with E-state index < -0.39 is 11.7 Å². The van der Waals surface area contributed by atoms with Crippen LogP contribution in [0.2, 0.25) is 0 Å². The molecule has 0 aliphatic heterocycles. The number of carbonyl (C=O) groups is 2. The lowest BCUT2D eigenvalue weighted by molar-refractivity contribution is -0.114. The van der Waals surface area contributed by atoms with Crippen LogP contribution in [0.5, 0.6) is 0 Å². The summed E-state index contributed by atoms with van der Waals surface area (Å²) < 4.78 is 19.1. The third kappa shape index (κ3) is 4.01. The highest BCUT2D eigenvalue weighted by Gasteiger charge is 2.14. The van der Waals surface area contributed by atoms with Crippen LogP contribution in [0.25, 0.3) is 11.1 Å². The minimum atomic E-state index is -0.690. The van der Waals surface area contributed by atoms with Crippen molar-refractivity contribution in [1.82, 2.24) is 10.3 Å². The molecule has 1 heterocycles. The number of thiocarbonyl (C=S) groups is 1. The molecule has 0 saturated heterocycles. The molecule has 2 aromatic carbocycles.